The largest absolute Gasteiger partial charge is 0.510 e. The summed E-state index contributed by atoms with van der Waals surface area (Å²) in [6.45, 7) is 1.37. The minimum Gasteiger partial charge on any atom is -0.481 e. The molecule has 0 aromatic carbocycles. The molecule has 0 radical (unpaired) electrons. The number of hydrogen-bond donors (Lipinski definition) is 2. The lowest BCUT2D eigenvalue weighted by atomic mass is 9.88. The summed E-state index contributed by atoms with van der Waals surface area (Å²) in [6, 6.07) is 0. The molecule has 0 aliphatic carbocycles. The quantitative estimate of drug-likeness (QED) is 0.301. The molecule has 3 unspecified atom stereocenters. The van der Waals surface area contributed by atoms with Crippen molar-refractivity contribution in [2.24, 2.45) is 5.92 Å². The zero-order valence-corrected chi connectivity index (χ0v) is 15.3. The van der Waals surface area contributed by atoms with Crippen molar-refractivity contribution in [3.63, 3.8) is 0 Å². The second-order valence-electron chi connectivity index (χ2n) is 5.69. The van der Waals surface area contributed by atoms with Gasteiger partial charge < -0.3 is 19.7 Å². The Labute approximate surface area is 158 Å². The van der Waals surface area contributed by atoms with E-state index in [2.05, 4.69) is 16.6 Å². The van der Waals surface area contributed by atoms with Gasteiger partial charge in [0.05, 0.1) is 5.92 Å². The van der Waals surface area contributed by atoms with Crippen LogP contribution in [0.25, 0.3) is 0 Å². The fourth-order valence-corrected chi connectivity index (χ4v) is 2.43. The summed E-state index contributed by atoms with van der Waals surface area (Å²) in [5.41, 5.74) is -2.91. The number of ether oxygens (including phenoxy) is 2. The van der Waals surface area contributed by atoms with Gasteiger partial charge in [-0.3, -0.25) is 4.79 Å². The number of carbonyl (C=O) groups excluding carboxylic acids is 1. The number of aliphatic carboxylic acids is 2. The van der Waals surface area contributed by atoms with Crippen LogP contribution in [-0.2, 0) is 19.1 Å². The van der Waals surface area contributed by atoms with Gasteiger partial charge in [0.2, 0.25) is 5.60 Å². The Morgan fingerprint density at radius 3 is 2.19 bits per heavy atom. The van der Waals surface area contributed by atoms with Crippen LogP contribution >= 0.6 is 11.6 Å². The predicted molar refractivity (Wildman–Crippen MR) is 94.4 cm³/mol. The van der Waals surface area contributed by atoms with Crippen molar-refractivity contribution in [2.75, 3.05) is 0 Å². The molecule has 0 fully saturated rings. The number of carboxylic acids is 2. The Morgan fingerprint density at radius 1 is 1.12 bits per heavy atom. The predicted octanol–water partition coefficient (Wildman–Crippen LogP) is 3.25. The first-order valence-corrected chi connectivity index (χ1v) is 8.49. The molecule has 0 bridgehead atoms. The fraction of sp³-hybridized carbons (Fsp3) is 0.611. The van der Waals surface area contributed by atoms with Crippen molar-refractivity contribution in [2.45, 2.75) is 63.0 Å². The minimum absolute atomic E-state index is 0.0511. The third-order valence-electron chi connectivity index (χ3n) is 3.72. The summed E-state index contributed by atoms with van der Waals surface area (Å²) in [6.07, 6.45) is 9.85. The van der Waals surface area contributed by atoms with Gasteiger partial charge in [-0.15, -0.1) is 24.7 Å². The molecule has 0 saturated carbocycles. The zero-order valence-electron chi connectivity index (χ0n) is 14.6. The lowest BCUT2D eigenvalue weighted by molar-refractivity contribution is -0.163. The zero-order chi connectivity index (χ0) is 20.2. The number of carboxylic acid groups (broad SMARTS) is 2. The topological polar surface area (TPSA) is 110 Å². The molecular weight excluding hydrogens is 364 g/mol. The molecule has 0 heterocycles. The normalized spacial score (nSPS) is 14.8. The molecule has 0 aromatic rings. The van der Waals surface area contributed by atoms with Crippen LogP contribution in [0.1, 0.15) is 51.9 Å². The number of hydrogen-bond acceptors (Lipinski definition) is 5. The monoisotopic (exact) mass is 386 g/mol. The first kappa shape index (κ1) is 23.6. The Hall–Kier alpha value is -2.38. The summed E-state index contributed by atoms with van der Waals surface area (Å²) >= 11 is 5.53. The fourth-order valence-electron chi connectivity index (χ4n) is 2.36. The van der Waals surface area contributed by atoms with E-state index < -0.39 is 35.2 Å². The van der Waals surface area contributed by atoms with Crippen molar-refractivity contribution in [3.05, 3.63) is 0 Å². The van der Waals surface area contributed by atoms with Crippen molar-refractivity contribution in [1.29, 1.82) is 0 Å². The maximum Gasteiger partial charge on any atom is 0.510 e. The molecule has 0 aliphatic heterocycles. The number of alkyl halides is 1. The average Bonchev–Trinajstić information content (AvgIpc) is 2.54. The number of terminal acetylenes is 2. The average molecular weight is 387 g/mol. The van der Waals surface area contributed by atoms with Gasteiger partial charge in [-0.05, 0) is 32.6 Å². The molecule has 2 N–H and O–H groups in total. The molecule has 26 heavy (non-hydrogen) atoms. The van der Waals surface area contributed by atoms with E-state index >= 15 is 0 Å². The minimum atomic E-state index is -1.91. The van der Waals surface area contributed by atoms with Crippen LogP contribution < -0.4 is 0 Å². The molecule has 144 valence electrons. The number of halogens is 1. The first-order valence-electron chi connectivity index (χ1n) is 8.05. The Bertz CT molecular complexity index is 573. The maximum atomic E-state index is 11.8. The van der Waals surface area contributed by atoms with Crippen molar-refractivity contribution < 1.29 is 34.1 Å². The van der Waals surface area contributed by atoms with Crippen LogP contribution in [0.2, 0.25) is 0 Å². The lowest BCUT2D eigenvalue weighted by Gasteiger charge is -2.29. The van der Waals surface area contributed by atoms with Crippen LogP contribution in [0.5, 0.6) is 0 Å². The molecule has 0 amide bonds. The molecule has 0 aliphatic rings. The molecule has 0 saturated heterocycles. The smallest absolute Gasteiger partial charge is 0.481 e. The van der Waals surface area contributed by atoms with Gasteiger partial charge in [0.1, 0.15) is 0 Å². The molecule has 0 aromatic heterocycles. The van der Waals surface area contributed by atoms with E-state index in [-0.39, 0.29) is 38.5 Å². The van der Waals surface area contributed by atoms with Gasteiger partial charge in [-0.1, -0.05) is 11.6 Å². The Kier molecular flexibility index (Phi) is 10.9. The van der Waals surface area contributed by atoms with Crippen LogP contribution in [-0.4, -0.2) is 39.5 Å². The van der Waals surface area contributed by atoms with E-state index in [1.165, 1.54) is 6.92 Å². The highest BCUT2D eigenvalue weighted by atomic mass is 35.5. The van der Waals surface area contributed by atoms with Gasteiger partial charge in [0.15, 0.2) is 5.56 Å². The molecule has 0 spiro atoms. The van der Waals surface area contributed by atoms with E-state index in [1.54, 1.807) is 0 Å². The number of rotatable bonds is 12. The molecule has 7 nitrogen and oxygen atoms in total. The summed E-state index contributed by atoms with van der Waals surface area (Å²) in [4.78, 5) is 34.7. The van der Waals surface area contributed by atoms with Crippen molar-refractivity contribution >= 4 is 29.7 Å². The van der Waals surface area contributed by atoms with E-state index in [1.807, 2.05) is 0 Å². The Balaban J connectivity index is 5.12. The van der Waals surface area contributed by atoms with Gasteiger partial charge in [-0.2, -0.15) is 0 Å². The second kappa shape index (κ2) is 12.1. The molecule has 8 heteroatoms. The second-order valence-corrected chi connectivity index (χ2v) is 6.30. The summed E-state index contributed by atoms with van der Waals surface area (Å²) in [5.74, 6) is 1.56. The van der Waals surface area contributed by atoms with E-state index in [0.717, 1.165) is 0 Å². The van der Waals surface area contributed by atoms with E-state index in [9.17, 15) is 24.6 Å². The summed E-state index contributed by atoms with van der Waals surface area (Å²) in [7, 11) is 0. The third kappa shape index (κ3) is 8.64. The highest BCUT2D eigenvalue weighted by Gasteiger charge is 2.42. The van der Waals surface area contributed by atoms with Gasteiger partial charge >= 0.3 is 18.1 Å². The summed E-state index contributed by atoms with van der Waals surface area (Å²) in [5, 5.41) is 18.8. The molecule has 3 atom stereocenters. The van der Waals surface area contributed by atoms with Crippen LogP contribution in [0.15, 0.2) is 0 Å². The van der Waals surface area contributed by atoms with E-state index in [4.69, 9.17) is 29.2 Å². The third-order valence-corrected chi connectivity index (χ3v) is 3.81. The number of carbonyl (C=O) groups is 3. The lowest BCUT2D eigenvalue weighted by Crippen LogP contribution is -2.44. The van der Waals surface area contributed by atoms with Gasteiger partial charge in [-0.25, -0.2) is 9.59 Å². The van der Waals surface area contributed by atoms with Crippen molar-refractivity contribution in [3.8, 4) is 24.7 Å². The maximum absolute atomic E-state index is 11.8. The van der Waals surface area contributed by atoms with Gasteiger partial charge in [0, 0.05) is 19.3 Å². The van der Waals surface area contributed by atoms with Crippen LogP contribution in [0.4, 0.5) is 4.79 Å². The summed E-state index contributed by atoms with van der Waals surface area (Å²) < 4.78 is 9.64. The Morgan fingerprint density at radius 2 is 1.73 bits per heavy atom. The molecular formula is C18H23ClO7. The first-order chi connectivity index (χ1) is 12.2. The van der Waals surface area contributed by atoms with E-state index in [0.29, 0.717) is 6.42 Å². The SMILES string of the molecule is C#CCCC(CCCC(CCC#C)(OC(=O)OC(C)Cl)C(=O)O)C(=O)O. The highest BCUT2D eigenvalue weighted by Crippen LogP contribution is 2.28. The standard InChI is InChI=1S/C18H23ClO7/c1-4-6-9-14(15(20)21)10-8-12-18(16(22)23,11-7-5-2)26-17(24)25-13(3)19/h1-2,13-14H,6-12H2,3H3,(H,20,21)(H,22,23). The molecule has 0 rings (SSSR count). The van der Waals surface area contributed by atoms with Gasteiger partial charge in [0.25, 0.3) is 0 Å². The highest BCUT2D eigenvalue weighted by molar-refractivity contribution is 6.19. The van der Waals surface area contributed by atoms with Crippen LogP contribution in [0.3, 0.4) is 0 Å². The van der Waals surface area contributed by atoms with Crippen LogP contribution in [0, 0.1) is 30.6 Å². The van der Waals surface area contributed by atoms with Crippen molar-refractivity contribution in [1.82, 2.24) is 0 Å².